The Morgan fingerprint density at radius 3 is 2.33 bits per heavy atom. The third kappa shape index (κ3) is 11.8. The summed E-state index contributed by atoms with van der Waals surface area (Å²) >= 11 is 0. The van der Waals surface area contributed by atoms with Crippen molar-refractivity contribution in [3.05, 3.63) is 12.7 Å². The molecule has 0 aromatic heterocycles. The minimum Gasteiger partial charge on any atom is -1.00 e. The first-order chi connectivity index (χ1) is 3.56. The average Bonchev–Trinajstić information content (AvgIpc) is 1.59. The van der Waals surface area contributed by atoms with Crippen LogP contribution in [-0.4, -0.2) is 44.3 Å². The summed E-state index contributed by atoms with van der Waals surface area (Å²) in [6.45, 7) is 3.33. The summed E-state index contributed by atoms with van der Waals surface area (Å²) in [5, 5.41) is 0. The maximum Gasteiger partial charge on any atom is 2.00 e. The number of hydrogen-bond acceptors (Lipinski definition) is 3. The van der Waals surface area contributed by atoms with Gasteiger partial charge in [-0.15, -0.1) is 6.58 Å². The van der Waals surface area contributed by atoms with Gasteiger partial charge in [-0.1, -0.05) is 6.08 Å². The fourth-order valence-corrected chi connectivity index (χ4v) is 0.515. The Morgan fingerprint density at radius 2 is 2.22 bits per heavy atom. The smallest absolute Gasteiger partial charge is 1.00 e. The molecule has 0 heterocycles. The Kier molecular flexibility index (Phi) is 7.03. The van der Waals surface area contributed by atoms with Crippen molar-refractivity contribution >= 4 is 33.2 Å². The number of rotatable bonds is 3. The van der Waals surface area contributed by atoms with Crippen LogP contribution >= 0.6 is 0 Å². The second-order valence-corrected chi connectivity index (χ2v) is 2.92. The second kappa shape index (κ2) is 5.22. The third-order valence-corrected chi connectivity index (χ3v) is 0.964. The summed E-state index contributed by atoms with van der Waals surface area (Å²) < 4.78 is 24.5. The first-order valence-corrected chi connectivity index (χ1v) is 3.83. The van der Waals surface area contributed by atoms with Crippen molar-refractivity contribution in [2.45, 2.75) is 0 Å². The molecule has 0 spiro atoms. The average molecular weight is 162 g/mol. The second-order valence-electron chi connectivity index (χ2n) is 1.28. The molecule has 0 N–H and O–H groups in total. The Morgan fingerprint density at radius 1 is 1.78 bits per heavy atom. The van der Waals surface area contributed by atoms with E-state index in [1.807, 2.05) is 0 Å². The molecule has 0 amide bonds. The molecule has 0 saturated carbocycles. The maximum atomic E-state index is 10.1. The van der Waals surface area contributed by atoms with Crippen LogP contribution in [0.25, 0.3) is 0 Å². The molecule has 0 aliphatic heterocycles. The van der Waals surface area contributed by atoms with Crippen LogP contribution in [0.4, 0.5) is 0 Å². The zero-order chi connectivity index (χ0) is 6.62. The summed E-state index contributed by atoms with van der Waals surface area (Å²) in [6, 6.07) is 0. The van der Waals surface area contributed by atoms with Crippen LogP contribution in [-0.2, 0) is 14.3 Å². The van der Waals surface area contributed by atoms with E-state index in [-0.39, 0.29) is 32.5 Å². The molecule has 52 valence electrons. The van der Waals surface area contributed by atoms with Crippen molar-refractivity contribution in [1.29, 1.82) is 0 Å². The molecule has 0 fully saturated rings. The molecule has 3 nitrogen and oxygen atoms in total. The predicted octanol–water partition coefficient (Wildman–Crippen LogP) is -0.00720. The van der Waals surface area contributed by atoms with Gasteiger partial charge in [0, 0.05) is 0 Å². The molecule has 0 unspecified atom stereocenters. The van der Waals surface area contributed by atoms with E-state index in [4.69, 9.17) is 0 Å². The molecule has 0 aromatic rings. The largest absolute Gasteiger partial charge is 2.00 e. The van der Waals surface area contributed by atoms with Crippen LogP contribution in [0.15, 0.2) is 12.7 Å². The van der Waals surface area contributed by atoms with E-state index < -0.39 is 10.1 Å². The van der Waals surface area contributed by atoms with Crippen LogP contribution in [0.2, 0.25) is 0 Å². The topological polar surface area (TPSA) is 43.4 Å². The Balaban J connectivity index is -0.0000000817. The van der Waals surface area contributed by atoms with E-state index in [0.29, 0.717) is 0 Å². The molecule has 9 heavy (non-hydrogen) atoms. The normalized spacial score (nSPS) is 9.89. The van der Waals surface area contributed by atoms with Crippen molar-refractivity contribution in [2.75, 3.05) is 12.9 Å². The summed E-state index contributed by atoms with van der Waals surface area (Å²) in [5.74, 6) is 0. The van der Waals surface area contributed by atoms with Crippen LogP contribution in [0, 0.1) is 0 Å². The first kappa shape index (κ1) is 12.1. The molecular formula is C4H10MgO3S. The van der Waals surface area contributed by atoms with Gasteiger partial charge < -0.3 is 2.85 Å². The zero-order valence-electron chi connectivity index (χ0n) is 7.33. The van der Waals surface area contributed by atoms with E-state index in [2.05, 4.69) is 10.8 Å². The van der Waals surface area contributed by atoms with Gasteiger partial charge >= 0.3 is 23.1 Å². The molecule has 0 aliphatic carbocycles. The minimum atomic E-state index is -3.26. The van der Waals surface area contributed by atoms with E-state index in [1.54, 1.807) is 0 Å². The Labute approximate surface area is 74.3 Å². The van der Waals surface area contributed by atoms with Crippen LogP contribution < -0.4 is 0 Å². The fraction of sp³-hybridized carbons (Fsp3) is 0.500. The summed E-state index contributed by atoms with van der Waals surface area (Å²) in [7, 11) is -3.26. The van der Waals surface area contributed by atoms with Crippen molar-refractivity contribution in [1.82, 2.24) is 0 Å². The molecule has 0 bridgehead atoms. The van der Waals surface area contributed by atoms with Gasteiger partial charge in [0.15, 0.2) is 0 Å². The zero-order valence-corrected chi connectivity index (χ0v) is 7.56. The van der Waals surface area contributed by atoms with E-state index in [0.717, 1.165) is 6.26 Å². The Bertz CT molecular complexity index is 168. The molecule has 0 rings (SSSR count). The molecule has 0 aromatic carbocycles. The molecule has 0 radical (unpaired) electrons. The quantitative estimate of drug-likeness (QED) is 0.333. The fourth-order valence-electron chi connectivity index (χ4n) is 0.172. The minimum absolute atomic E-state index is 0. The van der Waals surface area contributed by atoms with Crippen molar-refractivity contribution in [3.63, 3.8) is 0 Å². The summed E-state index contributed by atoms with van der Waals surface area (Å²) in [6.07, 6.45) is 2.37. The number of hydrogen-bond donors (Lipinski definition) is 0. The van der Waals surface area contributed by atoms with Crippen molar-refractivity contribution in [2.24, 2.45) is 0 Å². The molecular weight excluding hydrogens is 152 g/mol. The molecule has 0 aliphatic rings. The van der Waals surface area contributed by atoms with Crippen molar-refractivity contribution in [3.8, 4) is 0 Å². The van der Waals surface area contributed by atoms with Gasteiger partial charge in [0.05, 0.1) is 12.9 Å². The van der Waals surface area contributed by atoms with Gasteiger partial charge in [0.2, 0.25) is 0 Å². The van der Waals surface area contributed by atoms with E-state index >= 15 is 0 Å². The third-order valence-electron chi connectivity index (χ3n) is 0.400. The Hall–Kier alpha value is 0.416. The molecule has 0 atom stereocenters. The van der Waals surface area contributed by atoms with Crippen molar-refractivity contribution < 1.29 is 15.5 Å². The van der Waals surface area contributed by atoms with Gasteiger partial charge in [-0.05, 0) is 0 Å². The van der Waals surface area contributed by atoms with Gasteiger partial charge in [0.1, 0.15) is 0 Å². The van der Waals surface area contributed by atoms with Crippen LogP contribution in [0.1, 0.15) is 2.85 Å². The maximum absolute atomic E-state index is 10.1. The van der Waals surface area contributed by atoms with E-state index in [1.165, 1.54) is 6.08 Å². The first-order valence-electron chi connectivity index (χ1n) is 2.01. The van der Waals surface area contributed by atoms with Gasteiger partial charge in [-0.3, -0.25) is 4.18 Å². The van der Waals surface area contributed by atoms with Gasteiger partial charge in [-0.2, -0.15) is 8.42 Å². The van der Waals surface area contributed by atoms with Crippen LogP contribution in [0.5, 0.6) is 0 Å². The van der Waals surface area contributed by atoms with E-state index in [9.17, 15) is 8.42 Å². The van der Waals surface area contributed by atoms with Gasteiger partial charge in [-0.25, -0.2) is 0 Å². The van der Waals surface area contributed by atoms with Crippen LogP contribution in [0.3, 0.4) is 0 Å². The van der Waals surface area contributed by atoms with Gasteiger partial charge in [0.25, 0.3) is 10.1 Å². The summed E-state index contributed by atoms with van der Waals surface area (Å²) in [4.78, 5) is 0. The predicted molar refractivity (Wildman–Crippen MR) is 39.0 cm³/mol. The monoisotopic (exact) mass is 162 g/mol. The molecule has 0 saturated heterocycles. The SMILES string of the molecule is C=CCOS(C)(=O)=O.[H-].[H-].[Mg+2]. The summed E-state index contributed by atoms with van der Waals surface area (Å²) in [5.41, 5.74) is 0. The standard InChI is InChI=1S/C4H8O3S.Mg.2H/c1-3-4-7-8(2,5)6;;;/h3H,1,4H2,2H3;;;/q;+2;2*-1. The molecule has 5 heteroatoms.